The van der Waals surface area contributed by atoms with Crippen LogP contribution in [-0.4, -0.2) is 17.1 Å². The highest BCUT2D eigenvalue weighted by molar-refractivity contribution is 7.11. The van der Waals surface area contributed by atoms with Crippen molar-refractivity contribution >= 4 is 11.3 Å². The Morgan fingerprint density at radius 2 is 2.25 bits per heavy atom. The van der Waals surface area contributed by atoms with Gasteiger partial charge in [0.1, 0.15) is 0 Å². The van der Waals surface area contributed by atoms with Crippen LogP contribution in [0.2, 0.25) is 0 Å². The molecule has 1 N–H and O–H groups in total. The van der Waals surface area contributed by atoms with E-state index in [1.165, 1.54) is 47.8 Å². The van der Waals surface area contributed by atoms with E-state index >= 15 is 0 Å². The van der Waals surface area contributed by atoms with Crippen molar-refractivity contribution in [2.24, 2.45) is 5.92 Å². The largest absolute Gasteiger partial charge is 0.311 e. The highest BCUT2D eigenvalue weighted by Crippen LogP contribution is 2.46. The molecule has 0 spiro atoms. The molecular weight excluding hydrogens is 216 g/mol. The Morgan fingerprint density at radius 3 is 2.75 bits per heavy atom. The van der Waals surface area contributed by atoms with Gasteiger partial charge in [0, 0.05) is 16.8 Å². The molecule has 1 aromatic heterocycles. The molecule has 0 bridgehead atoms. The third-order valence-electron chi connectivity index (χ3n) is 4.18. The topological polar surface area (TPSA) is 24.9 Å². The van der Waals surface area contributed by atoms with E-state index in [4.69, 9.17) is 4.98 Å². The number of rotatable bonds is 3. The summed E-state index contributed by atoms with van der Waals surface area (Å²) in [5, 5.41) is 5.12. The van der Waals surface area contributed by atoms with E-state index in [0.29, 0.717) is 5.54 Å². The van der Waals surface area contributed by atoms with Crippen molar-refractivity contribution in [3.8, 4) is 0 Å². The van der Waals surface area contributed by atoms with E-state index in [1.807, 2.05) is 11.3 Å². The summed E-state index contributed by atoms with van der Waals surface area (Å²) < 4.78 is 0. The monoisotopic (exact) mass is 236 g/mol. The predicted octanol–water partition coefficient (Wildman–Crippen LogP) is 2.83. The van der Waals surface area contributed by atoms with E-state index in [9.17, 15) is 0 Å². The molecule has 2 nitrogen and oxygen atoms in total. The average Bonchev–Trinajstić information content (AvgIpc) is 2.94. The molecule has 1 saturated heterocycles. The first-order valence-corrected chi connectivity index (χ1v) is 7.19. The smallest absolute Gasteiger partial charge is 0.0949 e. The van der Waals surface area contributed by atoms with E-state index in [1.54, 1.807) is 0 Å². The summed E-state index contributed by atoms with van der Waals surface area (Å²) in [5.41, 5.74) is 1.64. The lowest BCUT2D eigenvalue weighted by atomic mass is 9.88. The van der Waals surface area contributed by atoms with Crippen molar-refractivity contribution in [3.63, 3.8) is 0 Å². The molecule has 2 heterocycles. The van der Waals surface area contributed by atoms with Gasteiger partial charge < -0.3 is 5.32 Å². The van der Waals surface area contributed by atoms with Crippen molar-refractivity contribution in [1.82, 2.24) is 10.3 Å². The van der Waals surface area contributed by atoms with Gasteiger partial charge >= 0.3 is 0 Å². The average molecular weight is 236 g/mol. The molecule has 1 saturated carbocycles. The second kappa shape index (κ2) is 3.81. The van der Waals surface area contributed by atoms with Gasteiger partial charge in [0.25, 0.3) is 0 Å². The van der Waals surface area contributed by atoms with Gasteiger partial charge in [-0.3, -0.25) is 0 Å². The first kappa shape index (κ1) is 10.7. The van der Waals surface area contributed by atoms with Crippen molar-refractivity contribution < 1.29 is 0 Å². The molecule has 0 amide bonds. The second-order valence-corrected chi connectivity index (χ2v) is 6.67. The Morgan fingerprint density at radius 1 is 1.44 bits per heavy atom. The van der Waals surface area contributed by atoms with Crippen LogP contribution in [0.4, 0.5) is 0 Å². The van der Waals surface area contributed by atoms with Crippen LogP contribution in [0.3, 0.4) is 0 Å². The van der Waals surface area contributed by atoms with Gasteiger partial charge in [-0.1, -0.05) is 0 Å². The molecule has 88 valence electrons. The second-order valence-electron chi connectivity index (χ2n) is 5.39. The highest BCUT2D eigenvalue weighted by atomic mass is 32.1. The number of hydrogen-bond donors (Lipinski definition) is 1. The van der Waals surface area contributed by atoms with Gasteiger partial charge in [0.15, 0.2) is 0 Å². The predicted molar refractivity (Wildman–Crippen MR) is 68.0 cm³/mol. The maximum absolute atomic E-state index is 4.71. The lowest BCUT2D eigenvalue weighted by Crippen LogP contribution is -2.44. The summed E-state index contributed by atoms with van der Waals surface area (Å²) in [5.74, 6) is 0.930. The van der Waals surface area contributed by atoms with Crippen LogP contribution in [0, 0.1) is 19.8 Å². The van der Waals surface area contributed by atoms with Gasteiger partial charge in [-0.15, -0.1) is 11.3 Å². The summed E-state index contributed by atoms with van der Waals surface area (Å²) in [6.45, 7) is 5.52. The minimum absolute atomic E-state index is 0.413. The van der Waals surface area contributed by atoms with Gasteiger partial charge in [0.05, 0.1) is 10.7 Å². The number of aromatic nitrogens is 1. The minimum atomic E-state index is 0.413. The summed E-state index contributed by atoms with van der Waals surface area (Å²) in [6.07, 6.45) is 6.72. The van der Waals surface area contributed by atoms with Gasteiger partial charge in [0.2, 0.25) is 0 Å². The van der Waals surface area contributed by atoms with Crippen LogP contribution >= 0.6 is 11.3 Å². The molecule has 1 unspecified atom stereocenters. The van der Waals surface area contributed by atoms with Gasteiger partial charge in [-0.2, -0.15) is 0 Å². The van der Waals surface area contributed by atoms with Crippen molar-refractivity contribution in [3.05, 3.63) is 15.6 Å². The van der Waals surface area contributed by atoms with E-state index < -0.39 is 0 Å². The van der Waals surface area contributed by atoms with Gasteiger partial charge in [-0.25, -0.2) is 4.98 Å². The maximum Gasteiger partial charge on any atom is 0.0949 e. The third kappa shape index (κ3) is 1.80. The number of hydrogen-bond acceptors (Lipinski definition) is 3. The summed E-state index contributed by atoms with van der Waals surface area (Å²) >= 11 is 1.89. The van der Waals surface area contributed by atoms with E-state index in [2.05, 4.69) is 19.2 Å². The third-order valence-corrected chi connectivity index (χ3v) is 5.25. The molecule has 3 rings (SSSR count). The maximum atomic E-state index is 4.71. The van der Waals surface area contributed by atoms with Crippen molar-refractivity contribution in [1.29, 1.82) is 0 Å². The molecule has 1 aromatic rings. The van der Waals surface area contributed by atoms with Crippen molar-refractivity contribution in [2.45, 2.75) is 51.5 Å². The Kier molecular flexibility index (Phi) is 2.55. The molecule has 0 radical (unpaired) electrons. The number of thiazole rings is 1. The normalized spacial score (nSPS) is 29.9. The lowest BCUT2D eigenvalue weighted by Gasteiger charge is -2.28. The number of nitrogens with zero attached hydrogens (tertiary/aromatic N) is 1. The Hall–Kier alpha value is -0.410. The van der Waals surface area contributed by atoms with Crippen LogP contribution < -0.4 is 5.32 Å². The van der Waals surface area contributed by atoms with Crippen LogP contribution in [0.5, 0.6) is 0 Å². The number of aryl methyl sites for hydroxylation is 2. The number of nitrogens with one attached hydrogen (secondary N) is 1. The van der Waals surface area contributed by atoms with E-state index in [-0.39, 0.29) is 0 Å². The molecule has 1 atom stereocenters. The van der Waals surface area contributed by atoms with Crippen LogP contribution in [0.25, 0.3) is 0 Å². The van der Waals surface area contributed by atoms with Crippen molar-refractivity contribution in [2.75, 3.05) is 6.54 Å². The molecular formula is C13H20N2S. The minimum Gasteiger partial charge on any atom is -0.311 e. The van der Waals surface area contributed by atoms with Crippen LogP contribution in [0.1, 0.15) is 41.3 Å². The Bertz CT molecular complexity index is 367. The molecule has 2 fully saturated rings. The van der Waals surface area contributed by atoms with Gasteiger partial charge in [-0.05, 0) is 52.0 Å². The first-order valence-electron chi connectivity index (χ1n) is 6.37. The standard InChI is InChI=1S/C13H20N2S/c1-9-10(2)16-12(15-9)8-13(11-4-5-11)6-3-7-14-13/h11,14H,3-8H2,1-2H3. The molecule has 0 aromatic carbocycles. The summed E-state index contributed by atoms with van der Waals surface area (Å²) in [7, 11) is 0. The highest BCUT2D eigenvalue weighted by Gasteiger charge is 2.47. The SMILES string of the molecule is Cc1nc(CC2(C3CC3)CCCN2)sc1C. The first-order chi connectivity index (χ1) is 7.70. The molecule has 1 aliphatic heterocycles. The fourth-order valence-corrected chi connectivity index (χ4v) is 4.05. The summed E-state index contributed by atoms with van der Waals surface area (Å²) in [4.78, 5) is 6.10. The fourth-order valence-electron chi connectivity index (χ4n) is 2.99. The van der Waals surface area contributed by atoms with E-state index in [0.717, 1.165) is 12.3 Å². The molecule has 2 aliphatic rings. The molecule has 16 heavy (non-hydrogen) atoms. The van der Waals surface area contributed by atoms with Crippen LogP contribution in [-0.2, 0) is 6.42 Å². The zero-order valence-electron chi connectivity index (χ0n) is 10.2. The lowest BCUT2D eigenvalue weighted by molar-refractivity contribution is 0.323. The zero-order valence-corrected chi connectivity index (χ0v) is 11.0. The van der Waals surface area contributed by atoms with Crippen LogP contribution in [0.15, 0.2) is 0 Å². The quantitative estimate of drug-likeness (QED) is 0.873. The summed E-state index contributed by atoms with van der Waals surface area (Å²) in [6, 6.07) is 0. The Balaban J connectivity index is 1.81. The fraction of sp³-hybridized carbons (Fsp3) is 0.769. The molecule has 3 heteroatoms. The molecule has 1 aliphatic carbocycles. The Labute approximate surface area is 101 Å². The zero-order chi connectivity index (χ0) is 11.2.